The molecular weight excluding hydrogens is 508 g/mol. The van der Waals surface area contributed by atoms with Crippen LogP contribution in [-0.2, 0) is 30.6 Å². The van der Waals surface area contributed by atoms with Gasteiger partial charge in [-0.15, -0.1) is 11.3 Å². The Hall–Kier alpha value is -2.72. The monoisotopic (exact) mass is 532 g/mol. The van der Waals surface area contributed by atoms with E-state index in [0.717, 1.165) is 16.0 Å². The largest absolute Gasteiger partial charge is 0.326 e. The molecular formula is C25H25ClN2O5S2. The number of halogens is 1. The highest BCUT2D eigenvalue weighted by Crippen LogP contribution is 2.47. The van der Waals surface area contributed by atoms with Gasteiger partial charge in [0, 0.05) is 20.5 Å². The Bertz CT molecular complexity index is 1340. The predicted octanol–water partition coefficient (Wildman–Crippen LogP) is 4.94. The van der Waals surface area contributed by atoms with E-state index in [1.54, 1.807) is 41.9 Å². The highest BCUT2D eigenvalue weighted by atomic mass is 35.5. The van der Waals surface area contributed by atoms with Gasteiger partial charge in [-0.1, -0.05) is 42.3 Å². The SMILES string of the molecule is O=C(C[C@]1(c2ccc(-c3cccc(NC(=O)Cc4ccc(Cl)cc4)c3)s2)CCCCS1(=O)=O)NO. The second-order valence-corrected chi connectivity index (χ2v) is 12.5. The van der Waals surface area contributed by atoms with Crippen molar-refractivity contribution in [1.82, 2.24) is 5.48 Å². The van der Waals surface area contributed by atoms with Crippen LogP contribution in [0.5, 0.6) is 0 Å². The minimum absolute atomic E-state index is 0.00801. The van der Waals surface area contributed by atoms with Gasteiger partial charge in [0.2, 0.25) is 11.8 Å². The number of hydrogen-bond donors (Lipinski definition) is 3. The topological polar surface area (TPSA) is 113 Å². The molecule has 0 radical (unpaired) electrons. The molecule has 1 atom stereocenters. The van der Waals surface area contributed by atoms with Gasteiger partial charge in [0.1, 0.15) is 4.75 Å². The summed E-state index contributed by atoms with van der Waals surface area (Å²) in [7, 11) is -3.60. The van der Waals surface area contributed by atoms with Gasteiger partial charge in [-0.05, 0) is 60.4 Å². The van der Waals surface area contributed by atoms with Crippen LogP contribution < -0.4 is 10.8 Å². The quantitative estimate of drug-likeness (QED) is 0.295. The Morgan fingerprint density at radius 2 is 1.80 bits per heavy atom. The number of rotatable bonds is 7. The van der Waals surface area contributed by atoms with Gasteiger partial charge in [-0.25, -0.2) is 13.9 Å². The van der Waals surface area contributed by atoms with Crippen molar-refractivity contribution in [2.45, 2.75) is 36.9 Å². The molecule has 1 fully saturated rings. The first-order valence-electron chi connectivity index (χ1n) is 11.1. The minimum atomic E-state index is -3.60. The van der Waals surface area contributed by atoms with Crippen molar-refractivity contribution in [3.63, 3.8) is 0 Å². The lowest BCUT2D eigenvalue weighted by Gasteiger charge is -2.35. The third-order valence-electron chi connectivity index (χ3n) is 6.17. The predicted molar refractivity (Wildman–Crippen MR) is 137 cm³/mol. The molecule has 2 heterocycles. The molecule has 0 spiro atoms. The molecule has 1 aliphatic heterocycles. The molecule has 2 amide bonds. The Balaban J connectivity index is 1.57. The maximum Gasteiger partial charge on any atom is 0.245 e. The Morgan fingerprint density at radius 3 is 2.51 bits per heavy atom. The molecule has 35 heavy (non-hydrogen) atoms. The number of hydroxylamine groups is 1. The smallest absolute Gasteiger partial charge is 0.245 e. The summed E-state index contributed by atoms with van der Waals surface area (Å²) in [5, 5.41) is 12.6. The average Bonchev–Trinajstić information content (AvgIpc) is 3.33. The maximum absolute atomic E-state index is 13.1. The lowest BCUT2D eigenvalue weighted by Crippen LogP contribution is -2.43. The summed E-state index contributed by atoms with van der Waals surface area (Å²) >= 11 is 7.21. The number of anilines is 1. The first-order valence-corrected chi connectivity index (χ1v) is 14.0. The summed E-state index contributed by atoms with van der Waals surface area (Å²) in [6.07, 6.45) is 1.44. The fourth-order valence-corrected chi connectivity index (χ4v) is 8.30. The number of thiophene rings is 1. The lowest BCUT2D eigenvalue weighted by atomic mass is 9.94. The molecule has 184 valence electrons. The van der Waals surface area contributed by atoms with Crippen molar-refractivity contribution in [2.24, 2.45) is 0 Å². The van der Waals surface area contributed by atoms with Gasteiger partial charge in [0.15, 0.2) is 9.84 Å². The van der Waals surface area contributed by atoms with E-state index in [0.29, 0.717) is 34.8 Å². The van der Waals surface area contributed by atoms with E-state index in [9.17, 15) is 18.0 Å². The van der Waals surface area contributed by atoms with Gasteiger partial charge < -0.3 is 5.32 Å². The maximum atomic E-state index is 13.1. The number of benzene rings is 2. The second kappa shape index (κ2) is 10.5. The third-order valence-corrected chi connectivity index (χ3v) is 10.5. The zero-order valence-electron chi connectivity index (χ0n) is 18.8. The molecule has 2 aromatic carbocycles. The first kappa shape index (κ1) is 25.4. The molecule has 0 aliphatic carbocycles. The molecule has 4 rings (SSSR count). The summed E-state index contributed by atoms with van der Waals surface area (Å²) < 4.78 is 24.9. The molecule has 1 saturated heterocycles. The highest BCUT2D eigenvalue weighted by Gasteiger charge is 2.49. The zero-order chi connectivity index (χ0) is 25.1. The van der Waals surface area contributed by atoms with Gasteiger partial charge in [0.05, 0.1) is 18.6 Å². The minimum Gasteiger partial charge on any atom is -0.326 e. The van der Waals surface area contributed by atoms with Crippen LogP contribution in [0.15, 0.2) is 60.7 Å². The summed E-state index contributed by atoms with van der Waals surface area (Å²) in [5.74, 6) is -0.886. The summed E-state index contributed by atoms with van der Waals surface area (Å²) in [6.45, 7) is 0. The molecule has 1 aromatic heterocycles. The number of sulfone groups is 1. The zero-order valence-corrected chi connectivity index (χ0v) is 21.2. The first-order chi connectivity index (χ1) is 16.7. The summed E-state index contributed by atoms with van der Waals surface area (Å²) in [6, 6.07) is 18.0. The average molecular weight is 533 g/mol. The van der Waals surface area contributed by atoms with Crippen molar-refractivity contribution in [1.29, 1.82) is 0 Å². The van der Waals surface area contributed by atoms with Crippen molar-refractivity contribution in [3.05, 3.63) is 76.1 Å². The van der Waals surface area contributed by atoms with E-state index in [4.69, 9.17) is 16.8 Å². The fraction of sp³-hybridized carbons (Fsp3) is 0.280. The van der Waals surface area contributed by atoms with Crippen LogP contribution in [0.1, 0.15) is 36.1 Å². The van der Waals surface area contributed by atoms with Crippen molar-refractivity contribution in [2.75, 3.05) is 11.1 Å². The van der Waals surface area contributed by atoms with Gasteiger partial charge in [0.25, 0.3) is 0 Å². The van der Waals surface area contributed by atoms with Crippen LogP contribution in [0.25, 0.3) is 10.4 Å². The lowest BCUT2D eigenvalue weighted by molar-refractivity contribution is -0.130. The Labute approximate surface area is 213 Å². The van der Waals surface area contributed by atoms with E-state index in [1.165, 1.54) is 11.3 Å². The van der Waals surface area contributed by atoms with Crippen LogP contribution >= 0.6 is 22.9 Å². The number of hydrogen-bond acceptors (Lipinski definition) is 6. The van der Waals surface area contributed by atoms with Crippen LogP contribution in [0.2, 0.25) is 5.02 Å². The van der Waals surface area contributed by atoms with Crippen LogP contribution in [0.4, 0.5) is 5.69 Å². The number of carbonyl (C=O) groups excluding carboxylic acids is 2. The van der Waals surface area contributed by atoms with Gasteiger partial charge in [-0.2, -0.15) is 0 Å². The fourth-order valence-electron chi connectivity index (χ4n) is 4.40. The van der Waals surface area contributed by atoms with Crippen molar-refractivity contribution in [3.8, 4) is 10.4 Å². The van der Waals surface area contributed by atoms with Crippen molar-refractivity contribution < 1.29 is 23.2 Å². The van der Waals surface area contributed by atoms with Crippen LogP contribution in [0, 0.1) is 0 Å². The second-order valence-electron chi connectivity index (χ2n) is 8.58. The highest BCUT2D eigenvalue weighted by molar-refractivity contribution is 7.92. The Morgan fingerprint density at radius 1 is 1.03 bits per heavy atom. The third kappa shape index (κ3) is 5.59. The number of nitrogens with one attached hydrogen (secondary N) is 2. The standard InChI is InChI=1S/C25H25ClN2O5S2/c26-19-8-6-17(7-9-19)14-23(29)27-20-5-3-4-18(15-20)21-10-11-22(34-21)25(16-24(30)28-31)12-1-2-13-35(25,32)33/h3-11,15,31H,1-2,12-14,16H2,(H,27,29)(H,28,30)/t25-/m0/s1. The molecule has 0 bridgehead atoms. The molecule has 3 N–H and O–H groups in total. The van der Waals surface area contributed by atoms with E-state index < -0.39 is 20.5 Å². The molecule has 0 saturated carbocycles. The van der Waals surface area contributed by atoms with E-state index >= 15 is 0 Å². The van der Waals surface area contributed by atoms with E-state index in [1.807, 2.05) is 24.3 Å². The van der Waals surface area contributed by atoms with Gasteiger partial charge in [-0.3, -0.25) is 14.8 Å². The van der Waals surface area contributed by atoms with E-state index in [2.05, 4.69) is 5.32 Å². The molecule has 10 heteroatoms. The molecule has 0 unspecified atom stereocenters. The van der Waals surface area contributed by atoms with Gasteiger partial charge >= 0.3 is 0 Å². The molecule has 3 aromatic rings. The number of amides is 2. The van der Waals surface area contributed by atoms with Crippen LogP contribution in [0.3, 0.4) is 0 Å². The molecule has 7 nitrogen and oxygen atoms in total. The van der Waals surface area contributed by atoms with E-state index in [-0.39, 0.29) is 24.5 Å². The van der Waals surface area contributed by atoms with Crippen LogP contribution in [-0.4, -0.2) is 31.2 Å². The normalized spacial score (nSPS) is 19.1. The molecule has 1 aliphatic rings. The number of carbonyl (C=O) groups is 2. The summed E-state index contributed by atoms with van der Waals surface area (Å²) in [4.78, 5) is 25.9. The Kier molecular flexibility index (Phi) is 7.61. The summed E-state index contributed by atoms with van der Waals surface area (Å²) in [5.41, 5.74) is 3.87. The van der Waals surface area contributed by atoms with Crippen molar-refractivity contribution >= 4 is 50.3 Å².